The van der Waals surface area contributed by atoms with E-state index in [4.69, 9.17) is 16.3 Å². The minimum Gasteiger partial charge on any atom is -0.459 e. The summed E-state index contributed by atoms with van der Waals surface area (Å²) in [6, 6.07) is 3.25. The highest BCUT2D eigenvalue weighted by Gasteiger charge is 2.24. The average Bonchev–Trinajstić information content (AvgIpc) is 2.02. The van der Waals surface area contributed by atoms with Gasteiger partial charge in [0.15, 0.2) is 0 Å². The van der Waals surface area contributed by atoms with Crippen LogP contribution in [-0.2, 0) is 11.2 Å². The lowest BCUT2D eigenvalue weighted by molar-refractivity contribution is 0.0297. The third kappa shape index (κ3) is 1.52. The van der Waals surface area contributed by atoms with Crippen LogP contribution in [0.2, 0.25) is 5.15 Å². The van der Waals surface area contributed by atoms with E-state index in [0.717, 1.165) is 5.69 Å². The van der Waals surface area contributed by atoms with Crippen molar-refractivity contribution in [2.24, 2.45) is 0 Å². The zero-order valence-corrected chi connectivity index (χ0v) is 7.84. The minimum atomic E-state index is -0.307. The smallest absolute Gasteiger partial charge is 0.340 e. The first-order valence-corrected chi connectivity index (χ1v) is 4.41. The molecule has 0 saturated heterocycles. The fourth-order valence-electron chi connectivity index (χ4n) is 1.38. The highest BCUT2D eigenvalue weighted by atomic mass is 35.5. The molecule has 1 aromatic rings. The number of ether oxygens (including phenoxy) is 1. The lowest BCUT2D eigenvalue weighted by atomic mass is 10.1. The second kappa shape index (κ2) is 3.00. The zero-order chi connectivity index (χ0) is 9.42. The van der Waals surface area contributed by atoms with Gasteiger partial charge in [-0.3, -0.25) is 0 Å². The van der Waals surface area contributed by atoms with Crippen molar-refractivity contribution in [2.45, 2.75) is 19.4 Å². The molecule has 68 valence electrons. The number of fused-ring (bicyclic) bond motifs is 1. The SMILES string of the molecule is CC1Cc2nc(Cl)ccc2C(=O)O1. The predicted octanol–water partition coefficient (Wildman–Crippen LogP) is 1.84. The molecule has 1 atom stereocenters. The van der Waals surface area contributed by atoms with Gasteiger partial charge in [0.25, 0.3) is 0 Å². The van der Waals surface area contributed by atoms with Crippen LogP contribution in [0.1, 0.15) is 23.0 Å². The number of cyclic esters (lactones) is 1. The van der Waals surface area contributed by atoms with Crippen LogP contribution >= 0.6 is 11.6 Å². The molecule has 2 rings (SSSR count). The number of rotatable bonds is 0. The van der Waals surface area contributed by atoms with Crippen LogP contribution in [-0.4, -0.2) is 17.1 Å². The van der Waals surface area contributed by atoms with E-state index in [-0.39, 0.29) is 12.1 Å². The van der Waals surface area contributed by atoms with Crippen molar-refractivity contribution in [3.05, 3.63) is 28.5 Å². The number of nitrogens with zero attached hydrogens (tertiary/aromatic N) is 1. The van der Waals surface area contributed by atoms with Gasteiger partial charge in [-0.15, -0.1) is 0 Å². The van der Waals surface area contributed by atoms with Crippen LogP contribution in [0.25, 0.3) is 0 Å². The summed E-state index contributed by atoms with van der Waals surface area (Å²) in [5.74, 6) is -0.307. The monoisotopic (exact) mass is 197 g/mol. The van der Waals surface area contributed by atoms with Gasteiger partial charge in [0.2, 0.25) is 0 Å². The van der Waals surface area contributed by atoms with Gasteiger partial charge in [-0.05, 0) is 19.1 Å². The number of carbonyl (C=O) groups is 1. The van der Waals surface area contributed by atoms with E-state index >= 15 is 0 Å². The topological polar surface area (TPSA) is 39.2 Å². The van der Waals surface area contributed by atoms with Crippen LogP contribution in [0.15, 0.2) is 12.1 Å². The molecule has 0 radical (unpaired) electrons. The molecule has 1 aliphatic heterocycles. The van der Waals surface area contributed by atoms with Crippen molar-refractivity contribution >= 4 is 17.6 Å². The number of hydrogen-bond acceptors (Lipinski definition) is 3. The van der Waals surface area contributed by atoms with Gasteiger partial charge in [0.05, 0.1) is 11.3 Å². The Morgan fingerprint density at radius 2 is 2.38 bits per heavy atom. The van der Waals surface area contributed by atoms with Crippen LogP contribution < -0.4 is 0 Å². The molecule has 1 aliphatic rings. The Kier molecular flexibility index (Phi) is 1.96. The number of aromatic nitrogens is 1. The first-order valence-electron chi connectivity index (χ1n) is 4.03. The van der Waals surface area contributed by atoms with Crippen LogP contribution in [0.3, 0.4) is 0 Å². The molecular formula is C9H8ClNO2. The second-order valence-electron chi connectivity index (χ2n) is 3.05. The van der Waals surface area contributed by atoms with Crippen LogP contribution in [0.5, 0.6) is 0 Å². The van der Waals surface area contributed by atoms with E-state index in [0.29, 0.717) is 17.1 Å². The van der Waals surface area contributed by atoms with Gasteiger partial charge >= 0.3 is 5.97 Å². The quantitative estimate of drug-likeness (QED) is 0.471. The van der Waals surface area contributed by atoms with Gasteiger partial charge in [0.1, 0.15) is 11.3 Å². The summed E-state index contributed by atoms with van der Waals surface area (Å²) in [6.45, 7) is 1.84. The third-order valence-electron chi connectivity index (χ3n) is 1.95. The van der Waals surface area contributed by atoms with E-state index in [1.807, 2.05) is 6.92 Å². The first kappa shape index (κ1) is 8.51. The number of esters is 1. The molecule has 0 aromatic carbocycles. The third-order valence-corrected chi connectivity index (χ3v) is 2.16. The Hall–Kier alpha value is -1.09. The minimum absolute atomic E-state index is 0.106. The van der Waals surface area contributed by atoms with Crippen molar-refractivity contribution < 1.29 is 9.53 Å². The van der Waals surface area contributed by atoms with Crippen LogP contribution in [0, 0.1) is 0 Å². The summed E-state index contributed by atoms with van der Waals surface area (Å²) in [5.41, 5.74) is 1.26. The van der Waals surface area contributed by atoms with E-state index in [9.17, 15) is 4.79 Å². The highest BCUT2D eigenvalue weighted by Crippen LogP contribution is 2.20. The van der Waals surface area contributed by atoms with Crippen molar-refractivity contribution in [1.29, 1.82) is 0 Å². The predicted molar refractivity (Wildman–Crippen MR) is 47.8 cm³/mol. The van der Waals surface area contributed by atoms with E-state index in [1.54, 1.807) is 12.1 Å². The molecular weight excluding hydrogens is 190 g/mol. The van der Waals surface area contributed by atoms with E-state index in [2.05, 4.69) is 4.98 Å². The molecule has 0 bridgehead atoms. The summed E-state index contributed by atoms with van der Waals surface area (Å²) in [6.07, 6.45) is 0.535. The fraction of sp³-hybridized carbons (Fsp3) is 0.333. The number of carbonyl (C=O) groups excluding carboxylic acids is 1. The van der Waals surface area contributed by atoms with Crippen molar-refractivity contribution in [3.8, 4) is 0 Å². The van der Waals surface area contributed by atoms with E-state index in [1.165, 1.54) is 0 Å². The Morgan fingerprint density at radius 3 is 3.15 bits per heavy atom. The Bertz CT molecular complexity index is 365. The summed E-state index contributed by atoms with van der Waals surface area (Å²) in [4.78, 5) is 15.4. The summed E-state index contributed by atoms with van der Waals surface area (Å²) in [7, 11) is 0. The van der Waals surface area contributed by atoms with Gasteiger partial charge in [-0.1, -0.05) is 11.6 Å². The molecule has 0 spiro atoms. The van der Waals surface area contributed by atoms with Crippen LogP contribution in [0.4, 0.5) is 0 Å². The highest BCUT2D eigenvalue weighted by molar-refractivity contribution is 6.29. The Labute approximate surface area is 80.7 Å². The lowest BCUT2D eigenvalue weighted by Crippen LogP contribution is -2.25. The molecule has 0 saturated carbocycles. The maximum atomic E-state index is 11.3. The maximum Gasteiger partial charge on any atom is 0.340 e. The van der Waals surface area contributed by atoms with Gasteiger partial charge in [-0.2, -0.15) is 0 Å². The molecule has 1 unspecified atom stereocenters. The fourth-order valence-corrected chi connectivity index (χ4v) is 1.54. The van der Waals surface area contributed by atoms with Gasteiger partial charge < -0.3 is 4.74 Å². The van der Waals surface area contributed by atoms with Gasteiger partial charge in [0, 0.05) is 6.42 Å². The maximum absolute atomic E-state index is 11.3. The zero-order valence-electron chi connectivity index (χ0n) is 7.08. The summed E-state index contributed by atoms with van der Waals surface area (Å²) in [5, 5.41) is 0.417. The Balaban J connectivity index is 2.49. The number of hydrogen-bond donors (Lipinski definition) is 0. The molecule has 0 aliphatic carbocycles. The molecule has 0 fully saturated rings. The Morgan fingerprint density at radius 1 is 1.62 bits per heavy atom. The molecule has 0 N–H and O–H groups in total. The molecule has 3 nitrogen and oxygen atoms in total. The normalized spacial score (nSPS) is 20.8. The van der Waals surface area contributed by atoms with Crippen molar-refractivity contribution in [1.82, 2.24) is 4.98 Å². The first-order chi connectivity index (χ1) is 6.16. The molecule has 0 amide bonds. The lowest BCUT2D eigenvalue weighted by Gasteiger charge is -2.20. The standard InChI is InChI=1S/C9H8ClNO2/c1-5-4-7-6(9(12)13-5)2-3-8(10)11-7/h2-3,5H,4H2,1H3. The molecule has 2 heterocycles. The van der Waals surface area contributed by atoms with Crippen molar-refractivity contribution in [3.63, 3.8) is 0 Å². The molecule has 4 heteroatoms. The largest absolute Gasteiger partial charge is 0.459 e. The van der Waals surface area contributed by atoms with E-state index < -0.39 is 0 Å². The molecule has 13 heavy (non-hydrogen) atoms. The van der Waals surface area contributed by atoms with Crippen molar-refractivity contribution in [2.75, 3.05) is 0 Å². The molecule has 1 aromatic heterocycles. The summed E-state index contributed by atoms with van der Waals surface area (Å²) >= 11 is 5.71. The summed E-state index contributed by atoms with van der Waals surface area (Å²) < 4.78 is 5.03. The van der Waals surface area contributed by atoms with Gasteiger partial charge in [-0.25, -0.2) is 9.78 Å². The average molecular weight is 198 g/mol. The second-order valence-corrected chi connectivity index (χ2v) is 3.44. The number of halogens is 1. The number of pyridine rings is 1.